The molecule has 2 aromatic carbocycles. The maximum atomic E-state index is 12.7. The summed E-state index contributed by atoms with van der Waals surface area (Å²) in [6.45, 7) is 8.50. The molecule has 1 fully saturated rings. The molecule has 1 aliphatic heterocycles. The van der Waals surface area contributed by atoms with Gasteiger partial charge < -0.3 is 10.0 Å². The molecule has 8 heteroatoms. The highest BCUT2D eigenvalue weighted by atomic mass is 16.4. The Morgan fingerprint density at radius 1 is 0.938 bits per heavy atom. The number of carboxylic acid groups (broad SMARTS) is 1. The van der Waals surface area contributed by atoms with Crippen LogP contribution in [-0.4, -0.2) is 56.5 Å². The van der Waals surface area contributed by atoms with Crippen LogP contribution in [0.5, 0.6) is 0 Å². The van der Waals surface area contributed by atoms with Crippen molar-refractivity contribution in [3.63, 3.8) is 0 Å². The van der Waals surface area contributed by atoms with Gasteiger partial charge in [0, 0.05) is 31.9 Å². The molecule has 0 radical (unpaired) electrons. The van der Waals surface area contributed by atoms with Gasteiger partial charge in [-0.15, -0.1) is 0 Å². The molecule has 0 bridgehead atoms. The summed E-state index contributed by atoms with van der Waals surface area (Å²) < 4.78 is 3.12. The van der Waals surface area contributed by atoms with E-state index in [1.54, 1.807) is 4.57 Å². The van der Waals surface area contributed by atoms with Crippen molar-refractivity contribution in [1.29, 1.82) is 0 Å². The van der Waals surface area contributed by atoms with Crippen LogP contribution in [0.1, 0.15) is 37.3 Å². The lowest BCUT2D eigenvalue weighted by Gasteiger charge is -2.39. The van der Waals surface area contributed by atoms with Crippen LogP contribution in [0.2, 0.25) is 0 Å². The van der Waals surface area contributed by atoms with Gasteiger partial charge in [-0.25, -0.2) is 14.0 Å². The highest BCUT2D eigenvalue weighted by molar-refractivity contribution is 5.75. The zero-order valence-corrected chi connectivity index (χ0v) is 18.7. The number of hydrogen-bond donors (Lipinski definition) is 1. The molecule has 0 aliphatic carbocycles. The Kier molecular flexibility index (Phi) is 6.14. The summed E-state index contributed by atoms with van der Waals surface area (Å²) >= 11 is 0. The zero-order chi connectivity index (χ0) is 22.8. The van der Waals surface area contributed by atoms with Crippen molar-refractivity contribution in [2.75, 3.05) is 31.1 Å². The van der Waals surface area contributed by atoms with Gasteiger partial charge in [0.2, 0.25) is 0 Å². The molecule has 1 unspecified atom stereocenters. The smallest absolute Gasteiger partial charge is 0.350 e. The normalized spacial score (nSPS) is 15.8. The average molecular weight is 436 g/mol. The predicted octanol–water partition coefficient (Wildman–Crippen LogP) is 2.87. The number of nitrogens with zero attached hydrogens (tertiary/aromatic N) is 5. The number of hydrogen-bond acceptors (Lipinski definition) is 5. The van der Waals surface area contributed by atoms with E-state index in [1.165, 1.54) is 4.68 Å². The molecule has 2 heterocycles. The standard InChI is InChI=1S/C24H29N5O3/c1-17(2)29-24(32)28(18(3)25-29)21-11-9-20(10-12-21)26-13-15-27(16-14-26)22(23(30)31)19-7-5-4-6-8-19/h4-12,17,22H,13-16H2,1-3H3,(H,30,31). The maximum absolute atomic E-state index is 12.7. The Morgan fingerprint density at radius 3 is 2.06 bits per heavy atom. The first-order valence-electron chi connectivity index (χ1n) is 10.9. The average Bonchev–Trinajstić information content (AvgIpc) is 3.09. The van der Waals surface area contributed by atoms with Gasteiger partial charge in [-0.05, 0) is 50.6 Å². The fraction of sp³-hybridized carbons (Fsp3) is 0.375. The molecular formula is C24H29N5O3. The maximum Gasteiger partial charge on any atom is 0.350 e. The first-order chi connectivity index (χ1) is 15.4. The summed E-state index contributed by atoms with van der Waals surface area (Å²) in [5.41, 5.74) is 2.51. The Labute approximate surface area is 187 Å². The topological polar surface area (TPSA) is 83.6 Å². The third kappa shape index (κ3) is 4.18. The van der Waals surface area contributed by atoms with E-state index < -0.39 is 12.0 Å². The Morgan fingerprint density at radius 2 is 1.53 bits per heavy atom. The van der Waals surface area contributed by atoms with E-state index >= 15 is 0 Å². The molecule has 0 saturated carbocycles. The first kappa shape index (κ1) is 21.8. The summed E-state index contributed by atoms with van der Waals surface area (Å²) in [4.78, 5) is 28.9. The van der Waals surface area contributed by atoms with Crippen molar-refractivity contribution in [2.45, 2.75) is 32.9 Å². The van der Waals surface area contributed by atoms with E-state index in [4.69, 9.17) is 0 Å². The summed E-state index contributed by atoms with van der Waals surface area (Å²) in [7, 11) is 0. The van der Waals surface area contributed by atoms with Crippen molar-refractivity contribution < 1.29 is 9.90 Å². The van der Waals surface area contributed by atoms with Gasteiger partial charge in [0.25, 0.3) is 0 Å². The summed E-state index contributed by atoms with van der Waals surface area (Å²) in [5, 5.41) is 14.2. The second-order valence-corrected chi connectivity index (χ2v) is 8.39. The largest absolute Gasteiger partial charge is 0.480 e. The molecule has 1 aromatic heterocycles. The number of carboxylic acids is 1. The molecule has 168 valence electrons. The zero-order valence-electron chi connectivity index (χ0n) is 18.7. The molecular weight excluding hydrogens is 406 g/mol. The van der Waals surface area contributed by atoms with Gasteiger partial charge in [-0.2, -0.15) is 5.10 Å². The molecule has 1 atom stereocenters. The third-order valence-electron chi connectivity index (χ3n) is 5.95. The second kappa shape index (κ2) is 9.00. The van der Waals surface area contributed by atoms with Gasteiger partial charge in [0.15, 0.2) is 0 Å². The number of aromatic nitrogens is 3. The molecule has 8 nitrogen and oxygen atoms in total. The van der Waals surface area contributed by atoms with Gasteiger partial charge in [0.1, 0.15) is 11.9 Å². The fourth-order valence-corrected chi connectivity index (χ4v) is 4.31. The van der Waals surface area contributed by atoms with E-state index in [0.29, 0.717) is 18.9 Å². The molecule has 32 heavy (non-hydrogen) atoms. The van der Waals surface area contributed by atoms with E-state index in [2.05, 4.69) is 10.00 Å². The Balaban J connectivity index is 1.47. The number of aliphatic carboxylic acids is 1. The lowest BCUT2D eigenvalue weighted by atomic mass is 10.0. The number of piperazine rings is 1. The van der Waals surface area contributed by atoms with Gasteiger partial charge in [-0.1, -0.05) is 30.3 Å². The number of rotatable bonds is 6. The minimum atomic E-state index is -0.822. The second-order valence-electron chi connectivity index (χ2n) is 8.39. The highest BCUT2D eigenvalue weighted by Gasteiger charge is 2.30. The van der Waals surface area contributed by atoms with Crippen molar-refractivity contribution in [1.82, 2.24) is 19.2 Å². The summed E-state index contributed by atoms with van der Waals surface area (Å²) in [6, 6.07) is 16.7. The third-order valence-corrected chi connectivity index (χ3v) is 5.95. The minimum absolute atomic E-state index is 0.00327. The van der Waals surface area contributed by atoms with Crippen LogP contribution in [0.3, 0.4) is 0 Å². The molecule has 0 spiro atoms. The van der Waals surface area contributed by atoms with Crippen LogP contribution < -0.4 is 10.6 Å². The monoisotopic (exact) mass is 435 g/mol. The van der Waals surface area contributed by atoms with Crippen molar-refractivity contribution in [3.05, 3.63) is 76.5 Å². The predicted molar refractivity (Wildman–Crippen MR) is 124 cm³/mol. The van der Waals surface area contributed by atoms with Crippen molar-refractivity contribution in [2.24, 2.45) is 0 Å². The van der Waals surface area contributed by atoms with Gasteiger partial charge >= 0.3 is 11.7 Å². The van der Waals surface area contributed by atoms with E-state index in [-0.39, 0.29) is 11.7 Å². The highest BCUT2D eigenvalue weighted by Crippen LogP contribution is 2.25. The van der Waals surface area contributed by atoms with Crippen LogP contribution >= 0.6 is 0 Å². The molecule has 1 aliphatic rings. The molecule has 1 N–H and O–H groups in total. The lowest BCUT2D eigenvalue weighted by molar-refractivity contribution is -0.143. The quantitative estimate of drug-likeness (QED) is 0.641. The molecule has 3 aromatic rings. The summed E-state index contributed by atoms with van der Waals surface area (Å²) in [5.74, 6) is -0.164. The lowest BCUT2D eigenvalue weighted by Crippen LogP contribution is -2.49. The number of anilines is 1. The van der Waals surface area contributed by atoms with Crippen LogP contribution in [0.4, 0.5) is 5.69 Å². The number of aryl methyl sites for hydroxylation is 1. The fourth-order valence-electron chi connectivity index (χ4n) is 4.31. The summed E-state index contributed by atoms with van der Waals surface area (Å²) in [6.07, 6.45) is 0. The van der Waals surface area contributed by atoms with E-state index in [1.807, 2.05) is 80.3 Å². The molecule has 4 rings (SSSR count). The van der Waals surface area contributed by atoms with Crippen LogP contribution in [0.15, 0.2) is 59.4 Å². The molecule has 0 amide bonds. The number of carbonyl (C=O) groups is 1. The van der Waals surface area contributed by atoms with Crippen molar-refractivity contribution in [3.8, 4) is 5.69 Å². The van der Waals surface area contributed by atoms with Crippen LogP contribution in [0, 0.1) is 6.92 Å². The van der Waals surface area contributed by atoms with Crippen molar-refractivity contribution >= 4 is 11.7 Å². The first-order valence-corrected chi connectivity index (χ1v) is 10.9. The van der Waals surface area contributed by atoms with Gasteiger partial charge in [0.05, 0.1) is 11.7 Å². The molecule has 1 saturated heterocycles. The van der Waals surface area contributed by atoms with Crippen LogP contribution in [0.25, 0.3) is 5.69 Å². The minimum Gasteiger partial charge on any atom is -0.480 e. The Hall–Kier alpha value is -3.39. The Bertz CT molecular complexity index is 1130. The van der Waals surface area contributed by atoms with E-state index in [0.717, 1.165) is 30.0 Å². The SMILES string of the molecule is Cc1nn(C(C)C)c(=O)n1-c1ccc(N2CCN(C(C(=O)O)c3ccccc3)CC2)cc1. The number of benzene rings is 2. The van der Waals surface area contributed by atoms with Crippen LogP contribution in [-0.2, 0) is 4.79 Å². The van der Waals surface area contributed by atoms with E-state index in [9.17, 15) is 14.7 Å². The van der Waals surface area contributed by atoms with Gasteiger partial charge in [-0.3, -0.25) is 9.69 Å².